The van der Waals surface area contributed by atoms with Gasteiger partial charge in [-0.1, -0.05) is 83.5 Å². The van der Waals surface area contributed by atoms with Crippen molar-refractivity contribution in [3.05, 3.63) is 94.0 Å². The number of rotatable bonds is 8. The molecule has 3 aromatic carbocycles. The Bertz CT molecular complexity index is 1540. The van der Waals surface area contributed by atoms with Crippen LogP contribution in [0.5, 0.6) is 0 Å². The fraction of sp³-hybridized carbons (Fsp3) is 0.290. The SMILES string of the molecule is Cc1ccccc1-n1c(SCCCC(=O)N2CCN(C(=O)c3ccc(Cl)c(Cl)c3)C(C)C2)nnc1-c1ccccc1. The number of piperazine rings is 1. The smallest absolute Gasteiger partial charge is 0.254 e. The molecule has 1 aliphatic rings. The summed E-state index contributed by atoms with van der Waals surface area (Å²) >= 11 is 13.7. The van der Waals surface area contributed by atoms with Crippen molar-refractivity contribution in [2.75, 3.05) is 25.4 Å². The third-order valence-corrected chi connectivity index (χ3v) is 8.95. The second-order valence-corrected chi connectivity index (χ2v) is 11.9. The lowest BCUT2D eigenvalue weighted by atomic mass is 10.1. The van der Waals surface area contributed by atoms with Crippen LogP contribution in [0.15, 0.2) is 78.0 Å². The number of halogens is 2. The number of benzene rings is 3. The zero-order chi connectivity index (χ0) is 28.9. The van der Waals surface area contributed by atoms with Crippen molar-refractivity contribution < 1.29 is 9.59 Å². The Balaban J connectivity index is 1.18. The predicted molar refractivity (Wildman–Crippen MR) is 165 cm³/mol. The Morgan fingerprint density at radius 2 is 1.71 bits per heavy atom. The molecule has 1 fully saturated rings. The van der Waals surface area contributed by atoms with Gasteiger partial charge in [0.15, 0.2) is 11.0 Å². The van der Waals surface area contributed by atoms with Crippen LogP contribution in [0, 0.1) is 6.92 Å². The molecule has 0 aliphatic carbocycles. The molecule has 41 heavy (non-hydrogen) atoms. The second kappa shape index (κ2) is 13.1. The fourth-order valence-corrected chi connectivity index (χ4v) is 6.18. The van der Waals surface area contributed by atoms with Gasteiger partial charge >= 0.3 is 0 Å². The molecular formula is C31H31Cl2N5O2S. The Morgan fingerprint density at radius 3 is 2.44 bits per heavy atom. The molecular weight excluding hydrogens is 577 g/mol. The van der Waals surface area contributed by atoms with Crippen LogP contribution in [-0.2, 0) is 4.79 Å². The first-order valence-corrected chi connectivity index (χ1v) is 15.3. The summed E-state index contributed by atoms with van der Waals surface area (Å²) in [7, 11) is 0. The highest BCUT2D eigenvalue weighted by atomic mass is 35.5. The first-order chi connectivity index (χ1) is 19.8. The molecule has 212 valence electrons. The van der Waals surface area contributed by atoms with Crippen molar-refractivity contribution in [2.24, 2.45) is 0 Å². The molecule has 2 heterocycles. The summed E-state index contributed by atoms with van der Waals surface area (Å²) in [5.41, 5.74) is 3.66. The quantitative estimate of drug-likeness (QED) is 0.163. The third kappa shape index (κ3) is 6.61. The minimum Gasteiger partial charge on any atom is -0.339 e. The maximum absolute atomic E-state index is 13.1. The summed E-state index contributed by atoms with van der Waals surface area (Å²) in [5.74, 6) is 1.52. The van der Waals surface area contributed by atoms with Gasteiger partial charge in [-0.15, -0.1) is 10.2 Å². The van der Waals surface area contributed by atoms with Gasteiger partial charge in [0.05, 0.1) is 15.7 Å². The minimum absolute atomic E-state index is 0.101. The fourth-order valence-electron chi connectivity index (χ4n) is 4.99. The molecule has 1 saturated heterocycles. The van der Waals surface area contributed by atoms with Crippen molar-refractivity contribution in [2.45, 2.75) is 37.9 Å². The van der Waals surface area contributed by atoms with Gasteiger partial charge in [-0.2, -0.15) is 0 Å². The van der Waals surface area contributed by atoms with E-state index < -0.39 is 0 Å². The molecule has 1 aromatic heterocycles. The zero-order valence-corrected chi connectivity index (χ0v) is 25.3. The molecule has 10 heteroatoms. The van der Waals surface area contributed by atoms with E-state index >= 15 is 0 Å². The van der Waals surface area contributed by atoms with Crippen LogP contribution in [0.1, 0.15) is 35.7 Å². The largest absolute Gasteiger partial charge is 0.339 e. The van der Waals surface area contributed by atoms with Crippen molar-refractivity contribution in [1.29, 1.82) is 0 Å². The van der Waals surface area contributed by atoms with Gasteiger partial charge < -0.3 is 9.80 Å². The molecule has 0 bridgehead atoms. The van der Waals surface area contributed by atoms with E-state index in [9.17, 15) is 9.59 Å². The maximum Gasteiger partial charge on any atom is 0.254 e. The normalized spacial score (nSPS) is 15.3. The van der Waals surface area contributed by atoms with Crippen LogP contribution < -0.4 is 0 Å². The lowest BCUT2D eigenvalue weighted by Crippen LogP contribution is -2.55. The van der Waals surface area contributed by atoms with Crippen LogP contribution in [0.4, 0.5) is 0 Å². The number of amides is 2. The highest BCUT2D eigenvalue weighted by Gasteiger charge is 2.30. The van der Waals surface area contributed by atoms with E-state index in [2.05, 4.69) is 33.8 Å². The average molecular weight is 609 g/mol. The number of aryl methyl sites for hydroxylation is 1. The van der Waals surface area contributed by atoms with E-state index in [-0.39, 0.29) is 17.9 Å². The van der Waals surface area contributed by atoms with Crippen LogP contribution in [0.2, 0.25) is 10.0 Å². The van der Waals surface area contributed by atoms with Gasteiger partial charge in [0.1, 0.15) is 0 Å². The van der Waals surface area contributed by atoms with E-state index in [1.165, 1.54) is 0 Å². The molecule has 0 saturated carbocycles. The van der Waals surface area contributed by atoms with Gasteiger partial charge in [-0.05, 0) is 50.1 Å². The number of hydrogen-bond acceptors (Lipinski definition) is 5. The number of para-hydroxylation sites is 1. The Hall–Kier alpha value is -3.33. The van der Waals surface area contributed by atoms with Gasteiger partial charge in [0, 0.05) is 49.0 Å². The van der Waals surface area contributed by atoms with E-state index in [0.717, 1.165) is 33.5 Å². The Kier molecular flexibility index (Phi) is 9.32. The second-order valence-electron chi connectivity index (χ2n) is 10.1. The van der Waals surface area contributed by atoms with Crippen molar-refractivity contribution in [3.63, 3.8) is 0 Å². The molecule has 1 aliphatic heterocycles. The number of hydrogen-bond donors (Lipinski definition) is 0. The lowest BCUT2D eigenvalue weighted by Gasteiger charge is -2.40. The van der Waals surface area contributed by atoms with E-state index in [0.29, 0.717) is 48.1 Å². The number of carbonyl (C=O) groups excluding carboxylic acids is 2. The van der Waals surface area contributed by atoms with Crippen LogP contribution >= 0.6 is 35.0 Å². The van der Waals surface area contributed by atoms with Crippen LogP contribution in [-0.4, -0.2) is 67.8 Å². The van der Waals surface area contributed by atoms with Gasteiger partial charge in [-0.3, -0.25) is 14.2 Å². The first-order valence-electron chi connectivity index (χ1n) is 13.6. The average Bonchev–Trinajstić information content (AvgIpc) is 3.40. The summed E-state index contributed by atoms with van der Waals surface area (Å²) in [6.07, 6.45) is 1.14. The first kappa shape index (κ1) is 29.2. The molecule has 1 unspecified atom stereocenters. The maximum atomic E-state index is 13.1. The summed E-state index contributed by atoms with van der Waals surface area (Å²) in [6, 6.07) is 23.0. The third-order valence-electron chi connectivity index (χ3n) is 7.20. The molecule has 0 spiro atoms. The number of thioether (sulfide) groups is 1. The lowest BCUT2D eigenvalue weighted by molar-refractivity contribution is -0.133. The van der Waals surface area contributed by atoms with E-state index in [1.807, 2.05) is 54.3 Å². The summed E-state index contributed by atoms with van der Waals surface area (Å²) in [5, 5.41) is 10.6. The van der Waals surface area contributed by atoms with Crippen molar-refractivity contribution >= 4 is 46.8 Å². The monoisotopic (exact) mass is 607 g/mol. The van der Waals surface area contributed by atoms with Crippen molar-refractivity contribution in [3.8, 4) is 17.1 Å². The van der Waals surface area contributed by atoms with Crippen LogP contribution in [0.3, 0.4) is 0 Å². The van der Waals surface area contributed by atoms with Crippen molar-refractivity contribution in [1.82, 2.24) is 24.6 Å². The van der Waals surface area contributed by atoms with Gasteiger partial charge in [0.25, 0.3) is 5.91 Å². The standard InChI is InChI=1S/C31H31Cl2N5O2S/c1-21-9-6-7-12-27(21)38-29(23-10-4-3-5-11-23)34-35-31(38)41-18-8-13-28(39)36-16-17-37(22(2)20-36)30(40)24-14-15-25(32)26(33)19-24/h3-7,9-12,14-15,19,22H,8,13,16-18,20H2,1-2H3. The highest BCUT2D eigenvalue weighted by Crippen LogP contribution is 2.30. The number of aromatic nitrogens is 3. The molecule has 0 N–H and O–H groups in total. The molecule has 5 rings (SSSR count). The van der Waals surface area contributed by atoms with Crippen LogP contribution in [0.25, 0.3) is 17.1 Å². The molecule has 1 atom stereocenters. The van der Waals surface area contributed by atoms with E-state index in [1.54, 1.807) is 34.9 Å². The number of carbonyl (C=O) groups is 2. The molecule has 2 amide bonds. The molecule has 0 radical (unpaired) electrons. The number of nitrogens with zero attached hydrogens (tertiary/aromatic N) is 5. The summed E-state index contributed by atoms with van der Waals surface area (Å²) in [4.78, 5) is 29.7. The summed E-state index contributed by atoms with van der Waals surface area (Å²) < 4.78 is 2.10. The van der Waals surface area contributed by atoms with E-state index in [4.69, 9.17) is 23.2 Å². The topological polar surface area (TPSA) is 71.3 Å². The van der Waals surface area contributed by atoms with Gasteiger partial charge in [0.2, 0.25) is 5.91 Å². The Labute approximate surface area is 254 Å². The highest BCUT2D eigenvalue weighted by molar-refractivity contribution is 7.99. The summed E-state index contributed by atoms with van der Waals surface area (Å²) in [6.45, 7) is 5.53. The predicted octanol–water partition coefficient (Wildman–Crippen LogP) is 6.79. The molecule has 4 aromatic rings. The Morgan fingerprint density at radius 1 is 0.951 bits per heavy atom. The zero-order valence-electron chi connectivity index (χ0n) is 23.0. The van der Waals surface area contributed by atoms with Gasteiger partial charge in [-0.25, -0.2) is 0 Å². The minimum atomic E-state index is -0.104. The molecule has 7 nitrogen and oxygen atoms in total.